The third kappa shape index (κ3) is 6.88. The highest BCUT2D eigenvalue weighted by atomic mass is 16.5. The van der Waals surface area contributed by atoms with Crippen LogP contribution in [0.3, 0.4) is 0 Å². The average Bonchev–Trinajstić information content (AvgIpc) is 2.85. The van der Waals surface area contributed by atoms with Gasteiger partial charge in [0.15, 0.2) is 5.78 Å². The SMILES string of the molecule is CCCC(O)C(=O)[C@H]1CC[C@H](C(=O)Oc2ccc(OC(=O)[C@H]3CC[C@H](C(=O)O)CC3)cc2)CC1. The third-order valence-electron chi connectivity index (χ3n) is 7.02. The van der Waals surface area contributed by atoms with Crippen molar-refractivity contribution in [1.29, 1.82) is 0 Å². The quantitative estimate of drug-likeness (QED) is 0.407. The molecular weight excluding hydrogens is 440 g/mol. The van der Waals surface area contributed by atoms with E-state index in [2.05, 4.69) is 0 Å². The van der Waals surface area contributed by atoms with Crippen LogP contribution in [0, 0.1) is 23.7 Å². The molecule has 1 aromatic rings. The molecule has 0 aromatic heterocycles. The molecule has 1 aromatic carbocycles. The van der Waals surface area contributed by atoms with Crippen LogP contribution in [0.1, 0.15) is 71.1 Å². The van der Waals surface area contributed by atoms with Gasteiger partial charge in [-0.2, -0.15) is 0 Å². The predicted molar refractivity (Wildman–Crippen MR) is 122 cm³/mol. The van der Waals surface area contributed by atoms with E-state index in [9.17, 15) is 24.3 Å². The first-order valence-electron chi connectivity index (χ1n) is 12.3. The lowest BCUT2D eigenvalue weighted by atomic mass is 9.78. The number of Topliss-reactive ketones (excluding diaryl/α,β-unsaturated/α-hetero) is 1. The summed E-state index contributed by atoms with van der Waals surface area (Å²) in [5.41, 5.74) is 0. The van der Waals surface area contributed by atoms with E-state index in [1.54, 1.807) is 24.3 Å². The van der Waals surface area contributed by atoms with Crippen LogP contribution in [0.15, 0.2) is 24.3 Å². The number of hydrogen-bond acceptors (Lipinski definition) is 7. The van der Waals surface area contributed by atoms with E-state index in [1.807, 2.05) is 6.92 Å². The zero-order valence-corrected chi connectivity index (χ0v) is 19.6. The molecule has 1 unspecified atom stereocenters. The van der Waals surface area contributed by atoms with Gasteiger partial charge in [0, 0.05) is 5.92 Å². The molecule has 0 amide bonds. The van der Waals surface area contributed by atoms with Crippen LogP contribution in [0.5, 0.6) is 11.5 Å². The summed E-state index contributed by atoms with van der Waals surface area (Å²) in [7, 11) is 0. The van der Waals surface area contributed by atoms with E-state index in [0.29, 0.717) is 69.3 Å². The normalized spacial score (nSPS) is 25.7. The molecule has 1 atom stereocenters. The van der Waals surface area contributed by atoms with Crippen LogP contribution in [0.25, 0.3) is 0 Å². The van der Waals surface area contributed by atoms with E-state index in [4.69, 9.17) is 14.6 Å². The number of carbonyl (C=O) groups excluding carboxylic acids is 3. The summed E-state index contributed by atoms with van der Waals surface area (Å²) in [6.07, 6.45) is 4.49. The average molecular weight is 475 g/mol. The van der Waals surface area contributed by atoms with Gasteiger partial charge < -0.3 is 19.7 Å². The van der Waals surface area contributed by atoms with E-state index in [0.717, 1.165) is 6.42 Å². The Kier molecular flexibility index (Phi) is 9.21. The monoisotopic (exact) mass is 474 g/mol. The number of ketones is 1. The van der Waals surface area contributed by atoms with Gasteiger partial charge in [-0.25, -0.2) is 0 Å². The lowest BCUT2D eigenvalue weighted by Crippen LogP contribution is -2.33. The topological polar surface area (TPSA) is 127 Å². The number of carboxylic acid groups (broad SMARTS) is 1. The van der Waals surface area contributed by atoms with Crippen LogP contribution >= 0.6 is 0 Å². The lowest BCUT2D eigenvalue weighted by Gasteiger charge is -2.27. The van der Waals surface area contributed by atoms with Crippen molar-refractivity contribution in [3.8, 4) is 11.5 Å². The fourth-order valence-corrected chi connectivity index (χ4v) is 4.85. The zero-order valence-electron chi connectivity index (χ0n) is 19.6. The molecule has 0 radical (unpaired) electrons. The molecule has 3 rings (SSSR count). The maximum absolute atomic E-state index is 12.5. The largest absolute Gasteiger partial charge is 0.481 e. The number of aliphatic carboxylic acids is 1. The van der Waals surface area contributed by atoms with Gasteiger partial charge in [-0.3, -0.25) is 19.2 Å². The molecular formula is C26H34O8. The molecule has 8 heteroatoms. The number of ether oxygens (including phenoxy) is 2. The van der Waals surface area contributed by atoms with Gasteiger partial charge in [0.25, 0.3) is 0 Å². The van der Waals surface area contributed by atoms with Crippen molar-refractivity contribution < 1.29 is 38.9 Å². The summed E-state index contributed by atoms with van der Waals surface area (Å²) in [5, 5.41) is 19.0. The number of carboxylic acids is 1. The molecule has 2 fully saturated rings. The van der Waals surface area contributed by atoms with Crippen molar-refractivity contribution in [3.63, 3.8) is 0 Å². The number of aliphatic hydroxyl groups excluding tert-OH is 1. The Hall–Kier alpha value is -2.74. The molecule has 186 valence electrons. The first kappa shape index (κ1) is 25.9. The van der Waals surface area contributed by atoms with Crippen LogP contribution in [0.2, 0.25) is 0 Å². The lowest BCUT2D eigenvalue weighted by molar-refractivity contribution is -0.146. The van der Waals surface area contributed by atoms with Crippen molar-refractivity contribution >= 4 is 23.7 Å². The Morgan fingerprint density at radius 2 is 1.15 bits per heavy atom. The summed E-state index contributed by atoms with van der Waals surface area (Å²) in [5.74, 6) is -2.14. The Morgan fingerprint density at radius 1 is 0.765 bits per heavy atom. The van der Waals surface area contributed by atoms with E-state index >= 15 is 0 Å². The standard InChI is InChI=1S/C26H34O8/c1-2-3-22(27)23(28)16-4-8-18(9-5-16)25(31)33-20-12-14-21(15-13-20)34-26(32)19-10-6-17(7-11-19)24(29)30/h12-19,22,27H,2-11H2,1H3,(H,29,30)/t16-,17-,18-,19-,22?. The molecule has 2 N–H and O–H groups in total. The second-order valence-electron chi connectivity index (χ2n) is 9.46. The summed E-state index contributed by atoms with van der Waals surface area (Å²) in [4.78, 5) is 48.2. The van der Waals surface area contributed by atoms with Gasteiger partial charge in [0.2, 0.25) is 0 Å². The molecule has 0 aliphatic heterocycles. The van der Waals surface area contributed by atoms with E-state index in [-0.39, 0.29) is 41.4 Å². The summed E-state index contributed by atoms with van der Waals surface area (Å²) in [6.45, 7) is 1.93. The van der Waals surface area contributed by atoms with Crippen molar-refractivity contribution in [1.82, 2.24) is 0 Å². The number of rotatable bonds is 9. The molecule has 0 spiro atoms. The fraction of sp³-hybridized carbons (Fsp3) is 0.615. The van der Waals surface area contributed by atoms with Crippen molar-refractivity contribution in [2.45, 2.75) is 77.2 Å². The highest BCUT2D eigenvalue weighted by molar-refractivity contribution is 5.85. The molecule has 0 bridgehead atoms. The maximum atomic E-state index is 12.5. The van der Waals surface area contributed by atoms with Crippen LogP contribution in [0.4, 0.5) is 0 Å². The zero-order chi connectivity index (χ0) is 24.7. The minimum Gasteiger partial charge on any atom is -0.481 e. The Labute approximate surface area is 199 Å². The Bertz CT molecular complexity index is 861. The Balaban J connectivity index is 1.43. The first-order chi connectivity index (χ1) is 16.3. The van der Waals surface area contributed by atoms with Crippen molar-refractivity contribution in [2.75, 3.05) is 0 Å². The molecule has 0 heterocycles. The van der Waals surface area contributed by atoms with Crippen molar-refractivity contribution in [2.24, 2.45) is 23.7 Å². The van der Waals surface area contributed by atoms with Crippen molar-refractivity contribution in [3.05, 3.63) is 24.3 Å². The van der Waals surface area contributed by atoms with E-state index < -0.39 is 12.1 Å². The first-order valence-corrected chi connectivity index (χ1v) is 12.3. The predicted octanol–water partition coefficient (Wildman–Crippen LogP) is 3.92. The molecule has 34 heavy (non-hydrogen) atoms. The summed E-state index contributed by atoms with van der Waals surface area (Å²) >= 11 is 0. The number of carbonyl (C=O) groups is 4. The number of benzene rings is 1. The minimum atomic E-state index is -0.911. The second-order valence-corrected chi connectivity index (χ2v) is 9.46. The van der Waals surface area contributed by atoms with E-state index in [1.165, 1.54) is 0 Å². The smallest absolute Gasteiger partial charge is 0.314 e. The molecule has 2 saturated carbocycles. The molecule has 8 nitrogen and oxygen atoms in total. The van der Waals surface area contributed by atoms with Gasteiger partial charge in [0.05, 0.1) is 17.8 Å². The second kappa shape index (κ2) is 12.1. The van der Waals surface area contributed by atoms with Gasteiger partial charge in [-0.15, -0.1) is 0 Å². The summed E-state index contributed by atoms with van der Waals surface area (Å²) in [6, 6.07) is 6.26. The van der Waals surface area contributed by atoms with Gasteiger partial charge in [-0.05, 0) is 82.1 Å². The summed E-state index contributed by atoms with van der Waals surface area (Å²) < 4.78 is 10.9. The molecule has 2 aliphatic carbocycles. The van der Waals surface area contributed by atoms with Crippen LogP contribution in [-0.2, 0) is 19.2 Å². The number of esters is 2. The Morgan fingerprint density at radius 3 is 1.53 bits per heavy atom. The van der Waals surface area contributed by atoms with Gasteiger partial charge >= 0.3 is 17.9 Å². The van der Waals surface area contributed by atoms with Crippen LogP contribution < -0.4 is 9.47 Å². The molecule has 2 aliphatic rings. The van der Waals surface area contributed by atoms with Crippen LogP contribution in [-0.4, -0.2) is 40.0 Å². The maximum Gasteiger partial charge on any atom is 0.314 e. The minimum absolute atomic E-state index is 0.117. The molecule has 0 saturated heterocycles. The van der Waals surface area contributed by atoms with Gasteiger partial charge in [0.1, 0.15) is 17.6 Å². The number of hydrogen-bond donors (Lipinski definition) is 2. The fourth-order valence-electron chi connectivity index (χ4n) is 4.85. The third-order valence-corrected chi connectivity index (χ3v) is 7.02. The highest BCUT2D eigenvalue weighted by Gasteiger charge is 2.33. The van der Waals surface area contributed by atoms with Gasteiger partial charge in [-0.1, -0.05) is 13.3 Å². The highest BCUT2D eigenvalue weighted by Crippen LogP contribution is 2.33. The number of aliphatic hydroxyl groups is 1.